The van der Waals surface area contributed by atoms with E-state index in [9.17, 15) is 13.2 Å². The van der Waals surface area contributed by atoms with Crippen molar-refractivity contribution in [3.63, 3.8) is 0 Å². The van der Waals surface area contributed by atoms with Gasteiger partial charge in [-0.05, 0) is 48.7 Å². The van der Waals surface area contributed by atoms with E-state index in [0.29, 0.717) is 12.2 Å². The Hall–Kier alpha value is -2.41. The number of hydrogen-bond donors (Lipinski definition) is 1. The van der Waals surface area contributed by atoms with Gasteiger partial charge in [-0.15, -0.1) is 0 Å². The van der Waals surface area contributed by atoms with Crippen LogP contribution in [0.3, 0.4) is 0 Å². The van der Waals surface area contributed by atoms with E-state index in [1.54, 1.807) is 43.6 Å². The molecule has 0 bridgehead atoms. The molecule has 1 aromatic carbocycles. The summed E-state index contributed by atoms with van der Waals surface area (Å²) in [6.07, 6.45) is 5.25. The molecule has 0 aliphatic heterocycles. The lowest BCUT2D eigenvalue weighted by atomic mass is 10.1. The van der Waals surface area contributed by atoms with Crippen LogP contribution >= 0.6 is 0 Å². The summed E-state index contributed by atoms with van der Waals surface area (Å²) in [7, 11) is -3.60. The molecule has 1 N–H and O–H groups in total. The molecule has 0 saturated heterocycles. The van der Waals surface area contributed by atoms with Gasteiger partial charge in [0, 0.05) is 18.9 Å². The van der Waals surface area contributed by atoms with Crippen LogP contribution in [0.4, 0.5) is 5.69 Å². The van der Waals surface area contributed by atoms with Crippen molar-refractivity contribution >= 4 is 21.6 Å². The van der Waals surface area contributed by atoms with Gasteiger partial charge in [0.1, 0.15) is 6.04 Å². The Kier molecular flexibility index (Phi) is 6.14. The highest BCUT2D eigenvalue weighted by Crippen LogP contribution is 2.21. The zero-order valence-corrected chi connectivity index (χ0v) is 15.5. The number of pyridine rings is 1. The van der Waals surface area contributed by atoms with Crippen LogP contribution in [0.2, 0.25) is 0 Å². The number of aromatic nitrogens is 1. The second kappa shape index (κ2) is 8.11. The molecule has 1 amide bonds. The maximum absolute atomic E-state index is 12.5. The van der Waals surface area contributed by atoms with Crippen molar-refractivity contribution in [2.24, 2.45) is 0 Å². The van der Waals surface area contributed by atoms with Gasteiger partial charge in [0.25, 0.3) is 0 Å². The van der Waals surface area contributed by atoms with Crippen LogP contribution in [-0.4, -0.2) is 31.6 Å². The molecular weight excluding hydrogens is 338 g/mol. The minimum absolute atomic E-state index is 0.318. The van der Waals surface area contributed by atoms with Gasteiger partial charge in [-0.2, -0.15) is 0 Å². The maximum Gasteiger partial charge on any atom is 0.243 e. The zero-order valence-electron chi connectivity index (χ0n) is 14.6. The number of nitrogens with zero attached hydrogens (tertiary/aromatic N) is 2. The van der Waals surface area contributed by atoms with Gasteiger partial charge >= 0.3 is 0 Å². The molecule has 0 saturated carbocycles. The molecule has 1 aromatic heterocycles. The highest BCUT2D eigenvalue weighted by Gasteiger charge is 2.28. The SMILES string of the molecule is CCc1ccc(N(C(C)C(=O)NCc2ccncc2)S(C)(=O)=O)cc1. The fourth-order valence-electron chi connectivity index (χ4n) is 2.52. The second-order valence-electron chi connectivity index (χ2n) is 5.83. The third kappa shape index (κ3) is 5.03. The van der Waals surface area contributed by atoms with Crippen molar-refractivity contribution in [1.82, 2.24) is 10.3 Å². The van der Waals surface area contributed by atoms with Gasteiger partial charge in [0.15, 0.2) is 0 Å². The molecule has 1 atom stereocenters. The lowest BCUT2D eigenvalue weighted by molar-refractivity contribution is -0.122. The smallest absolute Gasteiger partial charge is 0.243 e. The molecule has 6 nitrogen and oxygen atoms in total. The van der Waals surface area contributed by atoms with E-state index in [-0.39, 0.29) is 5.91 Å². The number of sulfonamides is 1. The monoisotopic (exact) mass is 361 g/mol. The predicted molar refractivity (Wildman–Crippen MR) is 98.7 cm³/mol. The Morgan fingerprint density at radius 1 is 1.12 bits per heavy atom. The van der Waals surface area contributed by atoms with Gasteiger partial charge in [-0.1, -0.05) is 19.1 Å². The molecule has 2 aromatic rings. The van der Waals surface area contributed by atoms with Crippen molar-refractivity contribution in [3.05, 3.63) is 59.9 Å². The minimum Gasteiger partial charge on any atom is -0.350 e. The summed E-state index contributed by atoms with van der Waals surface area (Å²) < 4.78 is 25.6. The summed E-state index contributed by atoms with van der Waals surface area (Å²) in [6, 6.07) is 9.93. The zero-order chi connectivity index (χ0) is 18.4. The van der Waals surface area contributed by atoms with E-state index in [4.69, 9.17) is 0 Å². The molecule has 7 heteroatoms. The van der Waals surface area contributed by atoms with Gasteiger partial charge in [-0.3, -0.25) is 14.1 Å². The lowest BCUT2D eigenvalue weighted by Crippen LogP contribution is -2.47. The number of nitrogens with one attached hydrogen (secondary N) is 1. The van der Waals surface area contributed by atoms with Crippen LogP contribution in [-0.2, 0) is 27.8 Å². The molecule has 0 spiro atoms. The first-order valence-electron chi connectivity index (χ1n) is 8.08. The summed E-state index contributed by atoms with van der Waals surface area (Å²) in [5, 5.41) is 2.77. The number of hydrogen-bond acceptors (Lipinski definition) is 4. The van der Waals surface area contributed by atoms with E-state index in [1.165, 1.54) is 0 Å². The molecule has 1 heterocycles. The van der Waals surface area contributed by atoms with Crippen molar-refractivity contribution in [1.29, 1.82) is 0 Å². The van der Waals surface area contributed by atoms with Crippen molar-refractivity contribution < 1.29 is 13.2 Å². The van der Waals surface area contributed by atoms with Crippen LogP contribution in [0.5, 0.6) is 0 Å². The lowest BCUT2D eigenvalue weighted by Gasteiger charge is -2.28. The third-order valence-corrected chi connectivity index (χ3v) is 5.15. The molecule has 134 valence electrons. The number of anilines is 1. The summed E-state index contributed by atoms with van der Waals surface area (Å²) in [4.78, 5) is 16.4. The highest BCUT2D eigenvalue weighted by atomic mass is 32.2. The van der Waals surface area contributed by atoms with E-state index >= 15 is 0 Å². The van der Waals surface area contributed by atoms with E-state index in [1.807, 2.05) is 19.1 Å². The summed E-state index contributed by atoms with van der Waals surface area (Å²) in [5.74, 6) is -0.359. The molecule has 0 aliphatic rings. The molecule has 0 fully saturated rings. The molecule has 1 unspecified atom stereocenters. The van der Waals surface area contributed by atoms with E-state index < -0.39 is 16.1 Å². The van der Waals surface area contributed by atoms with E-state index in [0.717, 1.165) is 28.1 Å². The molecule has 25 heavy (non-hydrogen) atoms. The summed E-state index contributed by atoms with van der Waals surface area (Å²) in [6.45, 7) is 3.92. The average Bonchev–Trinajstić information content (AvgIpc) is 2.60. The summed E-state index contributed by atoms with van der Waals surface area (Å²) in [5.41, 5.74) is 2.48. The third-order valence-electron chi connectivity index (χ3n) is 3.90. The Labute approximate surface area is 148 Å². The first-order chi connectivity index (χ1) is 11.8. The van der Waals surface area contributed by atoms with Crippen LogP contribution < -0.4 is 9.62 Å². The second-order valence-corrected chi connectivity index (χ2v) is 7.69. The number of benzene rings is 1. The highest BCUT2D eigenvalue weighted by molar-refractivity contribution is 7.92. The largest absolute Gasteiger partial charge is 0.350 e. The molecule has 0 radical (unpaired) electrons. The number of rotatable bonds is 7. The fourth-order valence-corrected chi connectivity index (χ4v) is 3.70. The Morgan fingerprint density at radius 2 is 1.72 bits per heavy atom. The van der Waals surface area contributed by atoms with E-state index in [2.05, 4.69) is 10.3 Å². The Balaban J connectivity index is 2.17. The standard InChI is InChI=1S/C18H23N3O3S/c1-4-15-5-7-17(8-6-15)21(25(3,23)24)14(2)18(22)20-13-16-9-11-19-12-10-16/h5-12,14H,4,13H2,1-3H3,(H,20,22). The summed E-state index contributed by atoms with van der Waals surface area (Å²) >= 11 is 0. The average molecular weight is 361 g/mol. The van der Waals surface area contributed by atoms with Crippen LogP contribution in [0.1, 0.15) is 25.0 Å². The maximum atomic E-state index is 12.5. The number of aryl methyl sites for hydroxylation is 1. The van der Waals surface area contributed by atoms with Crippen LogP contribution in [0.15, 0.2) is 48.8 Å². The van der Waals surface area contributed by atoms with Gasteiger partial charge in [0.2, 0.25) is 15.9 Å². The first-order valence-corrected chi connectivity index (χ1v) is 9.92. The minimum atomic E-state index is -3.60. The number of amides is 1. The quantitative estimate of drug-likeness (QED) is 0.819. The number of carbonyl (C=O) groups is 1. The fraction of sp³-hybridized carbons (Fsp3) is 0.333. The Bertz CT molecular complexity index is 805. The topological polar surface area (TPSA) is 79.4 Å². The van der Waals surface area contributed by atoms with Gasteiger partial charge < -0.3 is 5.32 Å². The molecule has 2 rings (SSSR count). The predicted octanol–water partition coefficient (Wildman–Crippen LogP) is 2.11. The van der Waals surface area contributed by atoms with Crippen molar-refractivity contribution in [2.75, 3.05) is 10.6 Å². The molecular formula is C18H23N3O3S. The molecule has 0 aliphatic carbocycles. The van der Waals surface area contributed by atoms with Crippen LogP contribution in [0.25, 0.3) is 0 Å². The van der Waals surface area contributed by atoms with Gasteiger partial charge in [0.05, 0.1) is 11.9 Å². The van der Waals surface area contributed by atoms with Crippen LogP contribution in [0, 0.1) is 0 Å². The number of carbonyl (C=O) groups excluding carboxylic acids is 1. The normalized spacial score (nSPS) is 12.4. The van der Waals surface area contributed by atoms with Crippen molar-refractivity contribution in [2.45, 2.75) is 32.9 Å². The Morgan fingerprint density at radius 3 is 2.24 bits per heavy atom. The van der Waals surface area contributed by atoms with Crippen molar-refractivity contribution in [3.8, 4) is 0 Å². The van der Waals surface area contributed by atoms with Gasteiger partial charge in [-0.25, -0.2) is 8.42 Å². The first kappa shape index (κ1) is 18.9.